The van der Waals surface area contributed by atoms with Gasteiger partial charge >= 0.3 is 5.97 Å². The SMILES string of the molecule is CCOc1ccc(C2CC(=O)Nc3c2sc(C(=O)O)c3-c2ccc(Cl)cc2)cc1OC. The van der Waals surface area contributed by atoms with Crippen LogP contribution in [-0.4, -0.2) is 30.7 Å². The lowest BCUT2D eigenvalue weighted by molar-refractivity contribution is -0.116. The minimum Gasteiger partial charge on any atom is -0.493 e. The average molecular weight is 458 g/mol. The fourth-order valence-corrected chi connectivity index (χ4v) is 5.15. The Morgan fingerprint density at radius 3 is 2.61 bits per heavy atom. The van der Waals surface area contributed by atoms with Gasteiger partial charge in [0.2, 0.25) is 5.91 Å². The largest absolute Gasteiger partial charge is 0.493 e. The van der Waals surface area contributed by atoms with Crippen molar-refractivity contribution in [2.45, 2.75) is 19.3 Å². The number of fused-ring (bicyclic) bond motifs is 1. The number of carboxylic acid groups (broad SMARTS) is 1. The molecule has 4 rings (SSSR count). The zero-order valence-corrected chi connectivity index (χ0v) is 18.5. The minimum absolute atomic E-state index is 0.171. The average Bonchev–Trinajstić information content (AvgIpc) is 3.14. The van der Waals surface area contributed by atoms with Crippen LogP contribution in [0.1, 0.15) is 39.4 Å². The highest BCUT2D eigenvalue weighted by atomic mass is 35.5. The first-order chi connectivity index (χ1) is 14.9. The molecular weight excluding hydrogens is 438 g/mol. The second-order valence-corrected chi connectivity index (χ2v) is 8.49. The summed E-state index contributed by atoms with van der Waals surface area (Å²) in [6, 6.07) is 12.5. The van der Waals surface area contributed by atoms with Gasteiger partial charge in [-0.15, -0.1) is 11.3 Å². The molecule has 0 radical (unpaired) electrons. The van der Waals surface area contributed by atoms with E-state index < -0.39 is 5.97 Å². The van der Waals surface area contributed by atoms with E-state index in [1.54, 1.807) is 31.4 Å². The molecular formula is C23H20ClNO5S. The quantitative estimate of drug-likeness (QED) is 0.499. The summed E-state index contributed by atoms with van der Waals surface area (Å²) in [6.45, 7) is 2.39. The van der Waals surface area contributed by atoms with Crippen LogP contribution >= 0.6 is 22.9 Å². The van der Waals surface area contributed by atoms with Crippen molar-refractivity contribution in [1.29, 1.82) is 0 Å². The molecule has 2 aromatic carbocycles. The predicted molar refractivity (Wildman–Crippen MR) is 121 cm³/mol. The van der Waals surface area contributed by atoms with Crippen molar-refractivity contribution < 1.29 is 24.2 Å². The van der Waals surface area contributed by atoms with E-state index in [1.165, 1.54) is 11.3 Å². The van der Waals surface area contributed by atoms with E-state index in [0.717, 1.165) is 10.4 Å². The van der Waals surface area contributed by atoms with Crippen molar-refractivity contribution >= 4 is 40.5 Å². The van der Waals surface area contributed by atoms with Gasteiger partial charge in [-0.2, -0.15) is 0 Å². The third kappa shape index (κ3) is 3.98. The maximum Gasteiger partial charge on any atom is 0.346 e. The Kier molecular flexibility index (Phi) is 5.89. The van der Waals surface area contributed by atoms with E-state index in [2.05, 4.69) is 5.32 Å². The number of ether oxygens (including phenoxy) is 2. The Bertz CT molecular complexity index is 1160. The van der Waals surface area contributed by atoms with Gasteiger partial charge in [0.25, 0.3) is 0 Å². The second kappa shape index (κ2) is 8.61. The number of rotatable bonds is 6. The van der Waals surface area contributed by atoms with Gasteiger partial charge < -0.3 is 19.9 Å². The highest BCUT2D eigenvalue weighted by molar-refractivity contribution is 7.15. The fraction of sp³-hybridized carbons (Fsp3) is 0.217. The molecule has 0 saturated carbocycles. The van der Waals surface area contributed by atoms with Gasteiger partial charge in [-0.1, -0.05) is 29.8 Å². The van der Waals surface area contributed by atoms with Gasteiger partial charge in [0.1, 0.15) is 4.88 Å². The Balaban J connectivity index is 1.87. The summed E-state index contributed by atoms with van der Waals surface area (Å²) in [6.07, 6.45) is 0.212. The molecule has 0 saturated heterocycles. The molecule has 3 aromatic rings. The molecule has 2 N–H and O–H groups in total. The van der Waals surface area contributed by atoms with Gasteiger partial charge in [0.05, 0.1) is 19.4 Å². The molecule has 1 aliphatic heterocycles. The summed E-state index contributed by atoms with van der Waals surface area (Å²) in [4.78, 5) is 25.7. The minimum atomic E-state index is -1.04. The van der Waals surface area contributed by atoms with Gasteiger partial charge in [0.15, 0.2) is 11.5 Å². The molecule has 1 atom stereocenters. The summed E-state index contributed by atoms with van der Waals surface area (Å²) < 4.78 is 11.1. The Morgan fingerprint density at radius 2 is 1.97 bits per heavy atom. The van der Waals surface area contributed by atoms with Crippen LogP contribution in [0, 0.1) is 0 Å². The van der Waals surface area contributed by atoms with Crippen LogP contribution in [0.4, 0.5) is 5.69 Å². The summed E-state index contributed by atoms with van der Waals surface area (Å²) in [5.41, 5.74) is 2.58. The van der Waals surface area contributed by atoms with Crippen LogP contribution in [0.15, 0.2) is 42.5 Å². The lowest BCUT2D eigenvalue weighted by atomic mass is 9.88. The fourth-order valence-electron chi connectivity index (χ4n) is 3.77. The summed E-state index contributed by atoms with van der Waals surface area (Å²) in [5, 5.41) is 13.3. The topological polar surface area (TPSA) is 84.9 Å². The summed E-state index contributed by atoms with van der Waals surface area (Å²) in [5.74, 6) is -0.317. The maximum absolute atomic E-state index is 12.6. The molecule has 1 amide bonds. The van der Waals surface area contributed by atoms with Gasteiger partial charge in [-0.25, -0.2) is 4.79 Å². The Labute approximate surface area is 188 Å². The van der Waals surface area contributed by atoms with Gasteiger partial charge in [0, 0.05) is 27.8 Å². The molecule has 8 heteroatoms. The molecule has 0 aliphatic carbocycles. The van der Waals surface area contributed by atoms with Crippen LogP contribution in [0.3, 0.4) is 0 Å². The van der Waals surface area contributed by atoms with Crippen molar-refractivity contribution in [1.82, 2.24) is 0 Å². The zero-order chi connectivity index (χ0) is 22.1. The van der Waals surface area contributed by atoms with Crippen molar-refractivity contribution in [2.75, 3.05) is 19.0 Å². The van der Waals surface area contributed by atoms with E-state index >= 15 is 0 Å². The molecule has 0 fully saturated rings. The molecule has 1 aliphatic rings. The smallest absolute Gasteiger partial charge is 0.346 e. The van der Waals surface area contributed by atoms with Crippen molar-refractivity contribution in [3.05, 3.63) is 62.8 Å². The number of carboxylic acids is 1. The molecule has 1 unspecified atom stereocenters. The van der Waals surface area contributed by atoms with Crippen LogP contribution in [-0.2, 0) is 4.79 Å². The number of methoxy groups -OCH3 is 1. The number of hydrogen-bond acceptors (Lipinski definition) is 5. The molecule has 0 bridgehead atoms. The maximum atomic E-state index is 12.6. The molecule has 1 aromatic heterocycles. The highest BCUT2D eigenvalue weighted by Crippen LogP contribution is 2.50. The van der Waals surface area contributed by atoms with E-state index in [0.29, 0.717) is 39.9 Å². The first kappa shape index (κ1) is 21.2. The molecule has 6 nitrogen and oxygen atoms in total. The number of amides is 1. The highest BCUT2D eigenvalue weighted by Gasteiger charge is 2.34. The molecule has 2 heterocycles. The number of hydrogen-bond donors (Lipinski definition) is 2. The molecule has 31 heavy (non-hydrogen) atoms. The van der Waals surface area contributed by atoms with Crippen LogP contribution in [0.5, 0.6) is 11.5 Å². The number of halogens is 1. The first-order valence-electron chi connectivity index (χ1n) is 9.69. The summed E-state index contributed by atoms with van der Waals surface area (Å²) >= 11 is 7.19. The number of carbonyl (C=O) groups excluding carboxylic acids is 1. The third-order valence-electron chi connectivity index (χ3n) is 5.12. The lowest BCUT2D eigenvalue weighted by Gasteiger charge is -2.24. The van der Waals surface area contributed by atoms with Crippen molar-refractivity contribution in [3.63, 3.8) is 0 Å². The number of anilines is 1. The predicted octanol–water partition coefficient (Wildman–Crippen LogP) is 5.65. The number of carbonyl (C=O) groups is 2. The monoisotopic (exact) mass is 457 g/mol. The van der Waals surface area contributed by atoms with Crippen LogP contribution in [0.2, 0.25) is 5.02 Å². The number of nitrogens with one attached hydrogen (secondary N) is 1. The number of aromatic carboxylic acids is 1. The molecule has 160 valence electrons. The van der Waals surface area contributed by atoms with E-state index in [-0.39, 0.29) is 23.1 Å². The van der Waals surface area contributed by atoms with Crippen LogP contribution in [0.25, 0.3) is 11.1 Å². The second-order valence-electron chi connectivity index (χ2n) is 7.01. The zero-order valence-electron chi connectivity index (χ0n) is 16.9. The number of benzene rings is 2. The van der Waals surface area contributed by atoms with Gasteiger partial charge in [-0.05, 0) is 42.3 Å². The summed E-state index contributed by atoms with van der Waals surface area (Å²) in [7, 11) is 1.56. The van der Waals surface area contributed by atoms with Gasteiger partial charge in [-0.3, -0.25) is 4.79 Å². The Morgan fingerprint density at radius 1 is 1.23 bits per heavy atom. The van der Waals surface area contributed by atoms with E-state index in [4.69, 9.17) is 21.1 Å². The normalized spacial score (nSPS) is 15.2. The molecule has 0 spiro atoms. The third-order valence-corrected chi connectivity index (χ3v) is 6.67. The lowest BCUT2D eigenvalue weighted by Crippen LogP contribution is -2.22. The first-order valence-corrected chi connectivity index (χ1v) is 10.9. The van der Waals surface area contributed by atoms with E-state index in [9.17, 15) is 14.7 Å². The Hall–Kier alpha value is -3.03. The van der Waals surface area contributed by atoms with Crippen molar-refractivity contribution in [3.8, 4) is 22.6 Å². The standard InChI is InChI=1S/C23H20ClNO5S/c1-3-30-16-9-6-13(10-17(16)29-2)15-11-18(26)25-20-19(12-4-7-14(24)8-5-12)22(23(27)28)31-21(15)20/h4-10,15H,3,11H2,1-2H3,(H,25,26)(H,27,28). The number of thiophene rings is 1. The van der Waals surface area contributed by atoms with Crippen molar-refractivity contribution in [2.24, 2.45) is 0 Å². The van der Waals surface area contributed by atoms with Crippen LogP contribution < -0.4 is 14.8 Å². The van der Waals surface area contributed by atoms with E-state index in [1.807, 2.05) is 25.1 Å².